The van der Waals surface area contributed by atoms with Crippen molar-refractivity contribution >= 4 is 5.91 Å². The van der Waals surface area contributed by atoms with Crippen molar-refractivity contribution in [1.82, 2.24) is 5.32 Å². The summed E-state index contributed by atoms with van der Waals surface area (Å²) in [5.41, 5.74) is 5.61. The van der Waals surface area contributed by atoms with Crippen LogP contribution >= 0.6 is 0 Å². The van der Waals surface area contributed by atoms with Crippen LogP contribution in [0.15, 0.2) is 24.3 Å². The van der Waals surface area contributed by atoms with Crippen molar-refractivity contribution in [3.05, 3.63) is 29.8 Å². The third kappa shape index (κ3) is 4.36. The molecular formula is C11H14F2N2O2. The number of halogens is 2. The highest BCUT2D eigenvalue weighted by atomic mass is 19.3. The molecular weight excluding hydrogens is 230 g/mol. The summed E-state index contributed by atoms with van der Waals surface area (Å²) < 4.78 is 28.2. The predicted molar refractivity (Wildman–Crippen MR) is 59.1 cm³/mol. The van der Waals surface area contributed by atoms with Crippen molar-refractivity contribution in [3.63, 3.8) is 0 Å². The van der Waals surface area contributed by atoms with Gasteiger partial charge in [-0.2, -0.15) is 8.78 Å². The van der Waals surface area contributed by atoms with Crippen molar-refractivity contribution < 1.29 is 18.3 Å². The highest BCUT2D eigenvalue weighted by Crippen LogP contribution is 2.15. The minimum absolute atomic E-state index is 0.0481. The molecule has 0 aliphatic rings. The molecule has 0 aromatic heterocycles. The van der Waals surface area contributed by atoms with Gasteiger partial charge in [-0.1, -0.05) is 6.07 Å². The van der Waals surface area contributed by atoms with Crippen LogP contribution in [-0.2, 0) is 0 Å². The first-order valence-corrected chi connectivity index (χ1v) is 5.08. The lowest BCUT2D eigenvalue weighted by Gasteiger charge is -2.12. The lowest BCUT2D eigenvalue weighted by atomic mass is 10.2. The zero-order valence-corrected chi connectivity index (χ0v) is 9.32. The van der Waals surface area contributed by atoms with Crippen molar-refractivity contribution in [1.29, 1.82) is 0 Å². The number of nitrogens with one attached hydrogen (secondary N) is 1. The summed E-state index contributed by atoms with van der Waals surface area (Å²) in [7, 11) is 0. The van der Waals surface area contributed by atoms with Gasteiger partial charge in [0.15, 0.2) is 0 Å². The maximum absolute atomic E-state index is 12.0. The van der Waals surface area contributed by atoms with Gasteiger partial charge in [0.25, 0.3) is 5.91 Å². The van der Waals surface area contributed by atoms with E-state index < -0.39 is 6.61 Å². The van der Waals surface area contributed by atoms with Crippen LogP contribution < -0.4 is 15.8 Å². The number of carbonyl (C=O) groups excluding carboxylic acids is 1. The number of nitrogens with two attached hydrogens (primary N) is 1. The first kappa shape index (κ1) is 13.4. The van der Waals surface area contributed by atoms with Gasteiger partial charge in [-0.15, -0.1) is 0 Å². The average molecular weight is 244 g/mol. The van der Waals surface area contributed by atoms with E-state index >= 15 is 0 Å². The van der Waals surface area contributed by atoms with Crippen molar-refractivity contribution in [2.45, 2.75) is 19.6 Å². The summed E-state index contributed by atoms with van der Waals surface area (Å²) in [5.74, 6) is -0.421. The normalized spacial score (nSPS) is 12.3. The Morgan fingerprint density at radius 3 is 2.82 bits per heavy atom. The number of rotatable bonds is 5. The predicted octanol–water partition coefficient (Wildman–Crippen LogP) is 1.36. The molecule has 0 unspecified atom stereocenters. The minimum atomic E-state index is -2.91. The van der Waals surface area contributed by atoms with Crippen LogP contribution in [0.2, 0.25) is 0 Å². The molecule has 0 fully saturated rings. The third-order valence-electron chi connectivity index (χ3n) is 2.05. The number of hydrogen-bond donors (Lipinski definition) is 2. The standard InChI is InChI=1S/C11H14F2N2O2/c1-7(6-14)15-10(16)8-3-2-4-9(5-8)17-11(12)13/h2-5,7,11H,6,14H2,1H3,(H,15,16)/t7-/m1/s1. The van der Waals surface area contributed by atoms with Gasteiger partial charge in [-0.3, -0.25) is 4.79 Å². The van der Waals surface area contributed by atoms with Crippen LogP contribution in [0.1, 0.15) is 17.3 Å². The zero-order chi connectivity index (χ0) is 12.8. The molecule has 94 valence electrons. The third-order valence-corrected chi connectivity index (χ3v) is 2.05. The molecule has 0 spiro atoms. The van der Waals surface area contributed by atoms with Crippen molar-refractivity contribution in [3.8, 4) is 5.75 Å². The second kappa shape index (κ2) is 6.15. The first-order valence-electron chi connectivity index (χ1n) is 5.08. The van der Waals surface area contributed by atoms with E-state index in [4.69, 9.17) is 5.73 Å². The van der Waals surface area contributed by atoms with Crippen molar-refractivity contribution in [2.24, 2.45) is 5.73 Å². The second-order valence-corrected chi connectivity index (χ2v) is 3.52. The van der Waals surface area contributed by atoms with Gasteiger partial charge in [0.2, 0.25) is 0 Å². The molecule has 0 radical (unpaired) electrons. The Morgan fingerprint density at radius 1 is 1.53 bits per heavy atom. The summed E-state index contributed by atoms with van der Waals surface area (Å²) in [4.78, 5) is 11.6. The smallest absolute Gasteiger partial charge is 0.387 e. The number of benzene rings is 1. The Hall–Kier alpha value is -1.69. The average Bonchev–Trinajstić information content (AvgIpc) is 2.28. The number of amides is 1. The molecule has 6 heteroatoms. The SMILES string of the molecule is C[C@H](CN)NC(=O)c1cccc(OC(F)F)c1. The number of hydrogen-bond acceptors (Lipinski definition) is 3. The van der Waals surface area contributed by atoms with Gasteiger partial charge < -0.3 is 15.8 Å². The molecule has 0 aliphatic carbocycles. The maximum atomic E-state index is 12.0. The number of carbonyl (C=O) groups is 1. The summed E-state index contributed by atoms with van der Waals surface area (Å²) in [6.45, 7) is -0.854. The molecule has 4 nitrogen and oxygen atoms in total. The van der Waals surface area contributed by atoms with E-state index in [0.29, 0.717) is 6.54 Å². The van der Waals surface area contributed by atoms with Crippen molar-refractivity contribution in [2.75, 3.05) is 6.54 Å². The quantitative estimate of drug-likeness (QED) is 0.822. The van der Waals surface area contributed by atoms with Gasteiger partial charge in [0.1, 0.15) is 5.75 Å². The summed E-state index contributed by atoms with van der Waals surface area (Å²) in [6.07, 6.45) is 0. The molecule has 0 saturated heterocycles. The van der Waals surface area contributed by atoms with Crippen LogP contribution in [0.5, 0.6) is 5.75 Å². The maximum Gasteiger partial charge on any atom is 0.387 e. The Labute approximate surface area is 97.8 Å². The highest BCUT2D eigenvalue weighted by Gasteiger charge is 2.11. The Morgan fingerprint density at radius 2 is 2.24 bits per heavy atom. The molecule has 1 aromatic rings. The zero-order valence-electron chi connectivity index (χ0n) is 9.32. The lowest BCUT2D eigenvalue weighted by Crippen LogP contribution is -2.37. The van der Waals surface area contributed by atoms with Gasteiger partial charge >= 0.3 is 6.61 Å². The summed E-state index contributed by atoms with van der Waals surface area (Å²) in [6, 6.07) is 5.42. The molecule has 1 atom stereocenters. The van der Waals surface area contributed by atoms with Crippen LogP contribution in [0, 0.1) is 0 Å². The fraction of sp³-hybridized carbons (Fsp3) is 0.364. The van der Waals surface area contributed by atoms with E-state index in [-0.39, 0.29) is 23.3 Å². The van der Waals surface area contributed by atoms with Crippen LogP contribution in [0.3, 0.4) is 0 Å². The highest BCUT2D eigenvalue weighted by molar-refractivity contribution is 5.94. The summed E-state index contributed by atoms with van der Waals surface area (Å²) in [5, 5.41) is 2.62. The van der Waals surface area contributed by atoms with Gasteiger partial charge in [0.05, 0.1) is 0 Å². The number of alkyl halides is 2. The van der Waals surface area contributed by atoms with E-state index in [2.05, 4.69) is 10.1 Å². The molecule has 0 heterocycles. The van der Waals surface area contributed by atoms with E-state index in [0.717, 1.165) is 0 Å². The Balaban J connectivity index is 2.73. The molecule has 3 N–H and O–H groups in total. The molecule has 0 aliphatic heterocycles. The van der Waals surface area contributed by atoms with E-state index in [1.54, 1.807) is 6.92 Å². The van der Waals surface area contributed by atoms with Crippen LogP contribution in [-0.4, -0.2) is 25.1 Å². The topological polar surface area (TPSA) is 64.3 Å². The van der Waals surface area contributed by atoms with E-state index in [1.807, 2.05) is 0 Å². The molecule has 0 saturated carbocycles. The summed E-state index contributed by atoms with van der Waals surface area (Å²) >= 11 is 0. The molecule has 1 aromatic carbocycles. The van der Waals surface area contributed by atoms with Gasteiger partial charge in [-0.05, 0) is 25.1 Å². The Kier molecular flexibility index (Phi) is 4.84. The lowest BCUT2D eigenvalue weighted by molar-refractivity contribution is -0.0498. The van der Waals surface area contributed by atoms with Crippen LogP contribution in [0.4, 0.5) is 8.78 Å². The van der Waals surface area contributed by atoms with Crippen LogP contribution in [0.25, 0.3) is 0 Å². The fourth-order valence-electron chi connectivity index (χ4n) is 1.18. The molecule has 17 heavy (non-hydrogen) atoms. The fourth-order valence-corrected chi connectivity index (χ4v) is 1.18. The van der Waals surface area contributed by atoms with Gasteiger partial charge in [-0.25, -0.2) is 0 Å². The minimum Gasteiger partial charge on any atom is -0.435 e. The Bertz CT molecular complexity index is 385. The first-order chi connectivity index (χ1) is 8.02. The molecule has 1 amide bonds. The van der Waals surface area contributed by atoms with Gasteiger partial charge in [0, 0.05) is 18.2 Å². The number of ether oxygens (including phenoxy) is 1. The van der Waals surface area contributed by atoms with E-state index in [1.165, 1.54) is 24.3 Å². The molecule has 0 bridgehead atoms. The molecule has 1 rings (SSSR count). The van der Waals surface area contributed by atoms with E-state index in [9.17, 15) is 13.6 Å². The monoisotopic (exact) mass is 244 g/mol. The largest absolute Gasteiger partial charge is 0.435 e. The second-order valence-electron chi connectivity index (χ2n) is 3.52.